The molecule has 0 spiro atoms. The molecule has 0 atom stereocenters. The molecule has 0 bridgehead atoms. The Balaban J connectivity index is 1.44. The lowest BCUT2D eigenvalue weighted by Gasteiger charge is -2.12. The SMILES string of the molecule is Cn1c(SCC(=O)NCCC2=CCCCC2)nnc1-c1cccs1. The van der Waals surface area contributed by atoms with Crippen LogP contribution in [0.25, 0.3) is 10.7 Å². The maximum absolute atomic E-state index is 12.0. The minimum atomic E-state index is 0.0529. The zero-order chi connectivity index (χ0) is 16.8. The van der Waals surface area contributed by atoms with Gasteiger partial charge < -0.3 is 9.88 Å². The number of amides is 1. The number of thiophene rings is 1. The highest BCUT2D eigenvalue weighted by Gasteiger charge is 2.13. The van der Waals surface area contributed by atoms with Crippen LogP contribution >= 0.6 is 23.1 Å². The summed E-state index contributed by atoms with van der Waals surface area (Å²) in [5, 5.41) is 14.2. The molecule has 1 aliphatic carbocycles. The first-order valence-corrected chi connectivity index (χ1v) is 10.1. The van der Waals surface area contributed by atoms with E-state index in [1.165, 1.54) is 43.0 Å². The second-order valence-corrected chi connectivity index (χ2v) is 7.73. The second-order valence-electron chi connectivity index (χ2n) is 5.84. The summed E-state index contributed by atoms with van der Waals surface area (Å²) in [4.78, 5) is 13.1. The third-order valence-corrected chi connectivity index (χ3v) is 5.95. The van der Waals surface area contributed by atoms with Gasteiger partial charge in [-0.25, -0.2) is 0 Å². The van der Waals surface area contributed by atoms with Crippen molar-refractivity contribution in [1.29, 1.82) is 0 Å². The molecule has 1 N–H and O–H groups in total. The van der Waals surface area contributed by atoms with Gasteiger partial charge in [-0.05, 0) is 43.6 Å². The maximum atomic E-state index is 12.0. The number of hydrogen-bond acceptors (Lipinski definition) is 5. The first-order chi connectivity index (χ1) is 11.7. The van der Waals surface area contributed by atoms with Crippen molar-refractivity contribution >= 4 is 29.0 Å². The monoisotopic (exact) mass is 362 g/mol. The zero-order valence-electron chi connectivity index (χ0n) is 13.8. The van der Waals surface area contributed by atoms with Crippen molar-refractivity contribution in [2.75, 3.05) is 12.3 Å². The molecule has 2 aromatic heterocycles. The second kappa shape index (κ2) is 8.48. The number of thioether (sulfide) groups is 1. The van der Waals surface area contributed by atoms with Crippen LogP contribution in [0.2, 0.25) is 0 Å². The van der Waals surface area contributed by atoms with Gasteiger partial charge in [-0.1, -0.05) is 29.5 Å². The van der Waals surface area contributed by atoms with Crippen molar-refractivity contribution < 1.29 is 4.79 Å². The van der Waals surface area contributed by atoms with Crippen LogP contribution in [0.5, 0.6) is 0 Å². The zero-order valence-corrected chi connectivity index (χ0v) is 15.5. The molecule has 0 fully saturated rings. The van der Waals surface area contributed by atoms with E-state index >= 15 is 0 Å². The van der Waals surface area contributed by atoms with Crippen LogP contribution in [0.1, 0.15) is 32.1 Å². The Morgan fingerprint density at radius 2 is 2.33 bits per heavy atom. The third kappa shape index (κ3) is 4.48. The van der Waals surface area contributed by atoms with Crippen LogP contribution in [0, 0.1) is 0 Å². The van der Waals surface area contributed by atoms with E-state index in [0.717, 1.165) is 28.8 Å². The Kier molecular flexibility index (Phi) is 6.09. The first-order valence-electron chi connectivity index (χ1n) is 8.24. The summed E-state index contributed by atoms with van der Waals surface area (Å²) in [5.74, 6) is 1.27. The van der Waals surface area contributed by atoms with Gasteiger partial charge >= 0.3 is 0 Å². The van der Waals surface area contributed by atoms with E-state index in [2.05, 4.69) is 21.6 Å². The van der Waals surface area contributed by atoms with Gasteiger partial charge in [0.1, 0.15) is 0 Å². The van der Waals surface area contributed by atoms with E-state index in [0.29, 0.717) is 5.75 Å². The molecule has 1 amide bonds. The Labute approximate surface area is 150 Å². The molecule has 2 heterocycles. The predicted molar refractivity (Wildman–Crippen MR) is 99.2 cm³/mol. The molecular formula is C17H22N4OS2. The molecule has 0 saturated carbocycles. The number of nitrogens with one attached hydrogen (secondary N) is 1. The first kappa shape index (κ1) is 17.2. The molecular weight excluding hydrogens is 340 g/mol. The standard InChI is InChI=1S/C17H22N4OS2/c1-21-16(14-8-5-11-23-14)19-20-17(21)24-12-15(22)18-10-9-13-6-3-2-4-7-13/h5-6,8,11H,2-4,7,9-10,12H2,1H3,(H,18,22). The van der Waals surface area contributed by atoms with Crippen LogP contribution in [-0.2, 0) is 11.8 Å². The number of nitrogens with zero attached hydrogens (tertiary/aromatic N) is 3. The summed E-state index contributed by atoms with van der Waals surface area (Å²) in [6, 6.07) is 4.02. The van der Waals surface area contributed by atoms with Gasteiger partial charge in [0.25, 0.3) is 0 Å². The number of carbonyl (C=O) groups is 1. The topological polar surface area (TPSA) is 59.8 Å². The number of hydrogen-bond donors (Lipinski definition) is 1. The fraction of sp³-hybridized carbons (Fsp3) is 0.471. The quantitative estimate of drug-likeness (QED) is 0.603. The fourth-order valence-corrected chi connectivity index (χ4v) is 4.22. The molecule has 7 heteroatoms. The van der Waals surface area contributed by atoms with Gasteiger partial charge in [0.15, 0.2) is 11.0 Å². The Morgan fingerprint density at radius 3 is 3.08 bits per heavy atom. The van der Waals surface area contributed by atoms with E-state index in [-0.39, 0.29) is 5.91 Å². The minimum Gasteiger partial charge on any atom is -0.355 e. The summed E-state index contributed by atoms with van der Waals surface area (Å²) in [7, 11) is 1.94. The molecule has 3 rings (SSSR count). The Morgan fingerprint density at radius 1 is 1.42 bits per heavy atom. The van der Waals surface area contributed by atoms with Crippen LogP contribution in [0.15, 0.2) is 34.3 Å². The van der Waals surface area contributed by atoms with Crippen molar-refractivity contribution in [2.45, 2.75) is 37.3 Å². The largest absolute Gasteiger partial charge is 0.355 e. The van der Waals surface area contributed by atoms with Gasteiger partial charge in [-0.2, -0.15) is 0 Å². The van der Waals surface area contributed by atoms with Crippen molar-refractivity contribution in [3.63, 3.8) is 0 Å². The molecule has 0 saturated heterocycles. The van der Waals surface area contributed by atoms with Crippen LogP contribution < -0.4 is 5.32 Å². The van der Waals surface area contributed by atoms with Gasteiger partial charge in [0.2, 0.25) is 5.91 Å². The summed E-state index contributed by atoms with van der Waals surface area (Å²) in [5.41, 5.74) is 1.49. The molecule has 0 aliphatic heterocycles. The summed E-state index contributed by atoms with van der Waals surface area (Å²) in [6.07, 6.45) is 8.28. The molecule has 0 aromatic carbocycles. The van der Waals surface area contributed by atoms with E-state index in [9.17, 15) is 4.79 Å². The van der Waals surface area contributed by atoms with E-state index in [4.69, 9.17) is 0 Å². The lowest BCUT2D eigenvalue weighted by Crippen LogP contribution is -2.26. The van der Waals surface area contributed by atoms with E-state index in [1.54, 1.807) is 11.3 Å². The van der Waals surface area contributed by atoms with Crippen molar-refractivity contribution in [1.82, 2.24) is 20.1 Å². The summed E-state index contributed by atoms with van der Waals surface area (Å²) < 4.78 is 1.94. The number of aromatic nitrogens is 3. The number of allylic oxidation sites excluding steroid dienone is 1. The molecule has 1 aliphatic rings. The van der Waals surface area contributed by atoms with Crippen molar-refractivity contribution in [3.8, 4) is 10.7 Å². The Bertz CT molecular complexity index is 706. The fourth-order valence-electron chi connectivity index (χ4n) is 2.74. The van der Waals surface area contributed by atoms with Gasteiger partial charge in [0.05, 0.1) is 10.6 Å². The smallest absolute Gasteiger partial charge is 0.230 e. The van der Waals surface area contributed by atoms with Crippen molar-refractivity contribution in [3.05, 3.63) is 29.2 Å². The van der Waals surface area contributed by atoms with E-state index in [1.807, 2.05) is 29.1 Å². The molecule has 24 heavy (non-hydrogen) atoms. The molecule has 2 aromatic rings. The molecule has 128 valence electrons. The van der Waals surface area contributed by atoms with Gasteiger partial charge in [0, 0.05) is 13.6 Å². The summed E-state index contributed by atoms with van der Waals surface area (Å²) in [6.45, 7) is 0.727. The van der Waals surface area contributed by atoms with Crippen LogP contribution in [0.3, 0.4) is 0 Å². The average Bonchev–Trinajstić information content (AvgIpc) is 3.24. The van der Waals surface area contributed by atoms with Crippen LogP contribution in [-0.4, -0.2) is 33.0 Å². The highest BCUT2D eigenvalue weighted by molar-refractivity contribution is 7.99. The normalized spacial score (nSPS) is 14.5. The Hall–Kier alpha value is -1.60. The van der Waals surface area contributed by atoms with Crippen molar-refractivity contribution in [2.24, 2.45) is 7.05 Å². The average molecular weight is 363 g/mol. The highest BCUT2D eigenvalue weighted by Crippen LogP contribution is 2.25. The van der Waals surface area contributed by atoms with E-state index < -0.39 is 0 Å². The van der Waals surface area contributed by atoms with Gasteiger partial charge in [-0.3, -0.25) is 4.79 Å². The third-order valence-electron chi connectivity index (χ3n) is 4.06. The summed E-state index contributed by atoms with van der Waals surface area (Å²) >= 11 is 3.06. The lowest BCUT2D eigenvalue weighted by molar-refractivity contribution is -0.118. The number of carbonyl (C=O) groups excluding carboxylic acids is 1. The molecule has 0 radical (unpaired) electrons. The minimum absolute atomic E-state index is 0.0529. The number of rotatable bonds is 7. The van der Waals surface area contributed by atoms with Gasteiger partial charge in [-0.15, -0.1) is 21.5 Å². The highest BCUT2D eigenvalue weighted by atomic mass is 32.2. The lowest BCUT2D eigenvalue weighted by atomic mass is 9.97. The maximum Gasteiger partial charge on any atom is 0.230 e. The molecule has 5 nitrogen and oxygen atoms in total. The predicted octanol–water partition coefficient (Wildman–Crippen LogP) is 3.64. The molecule has 0 unspecified atom stereocenters. The van der Waals surface area contributed by atoms with Crippen LogP contribution in [0.4, 0.5) is 0 Å².